The highest BCUT2D eigenvalue weighted by Gasteiger charge is 2.18. The van der Waals surface area contributed by atoms with Crippen molar-refractivity contribution in [3.05, 3.63) is 0 Å². The molecule has 0 aliphatic carbocycles. The molecule has 0 bridgehead atoms. The van der Waals surface area contributed by atoms with Gasteiger partial charge in [0.15, 0.2) is 0 Å². The van der Waals surface area contributed by atoms with Gasteiger partial charge in [-0.15, -0.1) is 11.6 Å². The molecule has 0 amide bonds. The lowest BCUT2D eigenvalue weighted by atomic mass is 10.5. The zero-order valence-electron chi connectivity index (χ0n) is 6.66. The average molecular weight is 200 g/mol. The van der Waals surface area contributed by atoms with Crippen molar-refractivity contribution in [2.45, 2.75) is 13.3 Å². The molecule has 68 valence electrons. The van der Waals surface area contributed by atoms with E-state index in [1.165, 1.54) is 4.67 Å². The Morgan fingerprint density at radius 2 is 2.00 bits per heavy atom. The number of hydrogen-bond acceptors (Lipinski definition) is 1. The van der Waals surface area contributed by atoms with Crippen molar-refractivity contribution < 1.29 is 4.57 Å². The van der Waals surface area contributed by atoms with Crippen LogP contribution in [0, 0.1) is 0 Å². The molecule has 0 aromatic carbocycles. The van der Waals surface area contributed by atoms with Crippen LogP contribution in [-0.4, -0.2) is 23.6 Å². The minimum absolute atomic E-state index is 0.401. The predicted molar refractivity (Wildman–Crippen MR) is 48.6 cm³/mol. The summed E-state index contributed by atoms with van der Waals surface area (Å²) in [6.07, 6.45) is 0.870. The van der Waals surface area contributed by atoms with Gasteiger partial charge in [-0.3, -0.25) is 15.6 Å². The molecule has 0 saturated heterocycles. The number of nitrogens with zero attached hydrogens (tertiary/aromatic N) is 1. The van der Waals surface area contributed by atoms with E-state index in [0.29, 0.717) is 19.0 Å². The van der Waals surface area contributed by atoms with Crippen LogP contribution >= 0.6 is 19.2 Å². The van der Waals surface area contributed by atoms with Crippen molar-refractivity contribution in [3.63, 3.8) is 0 Å². The molecule has 0 heterocycles. The zero-order chi connectivity index (χ0) is 8.91. The fraction of sp³-hybridized carbons (Fsp3) is 1.00. The van der Waals surface area contributed by atoms with Gasteiger partial charge in [0.25, 0.3) is 7.59 Å². The fourth-order valence-electron chi connectivity index (χ4n) is 0.780. The Bertz CT molecular complexity index is 143. The van der Waals surface area contributed by atoms with Crippen LogP contribution in [0.4, 0.5) is 0 Å². The van der Waals surface area contributed by atoms with E-state index in [-0.39, 0.29) is 0 Å². The second-order valence-electron chi connectivity index (χ2n) is 2.32. The summed E-state index contributed by atoms with van der Waals surface area (Å²) in [6.45, 7) is 3.09. The lowest BCUT2D eigenvalue weighted by molar-refractivity contribution is 0.427. The van der Waals surface area contributed by atoms with Crippen LogP contribution in [-0.2, 0) is 4.57 Å². The first kappa shape index (κ1) is 11.4. The van der Waals surface area contributed by atoms with Crippen molar-refractivity contribution in [3.8, 4) is 0 Å². The summed E-state index contributed by atoms with van der Waals surface area (Å²) in [4.78, 5) is 0. The lowest BCUT2D eigenvalue weighted by Gasteiger charge is -2.23. The van der Waals surface area contributed by atoms with Crippen LogP contribution in [0.5, 0.6) is 0 Å². The van der Waals surface area contributed by atoms with Gasteiger partial charge < -0.3 is 0 Å². The smallest absolute Gasteiger partial charge is 0.271 e. The summed E-state index contributed by atoms with van der Waals surface area (Å²) in [5.74, 6) is 0.401. The van der Waals surface area contributed by atoms with Crippen molar-refractivity contribution in [1.29, 1.82) is 0 Å². The molecule has 0 fully saturated rings. The van der Waals surface area contributed by atoms with Gasteiger partial charge in [-0.25, -0.2) is 4.67 Å². The summed E-state index contributed by atoms with van der Waals surface area (Å²) < 4.78 is 12.6. The Balaban J connectivity index is 3.99. The van der Waals surface area contributed by atoms with Gasteiger partial charge in [0.2, 0.25) is 0 Å². The third kappa shape index (κ3) is 4.77. The molecule has 0 aliphatic heterocycles. The largest absolute Gasteiger partial charge is 0.276 e. The first-order chi connectivity index (χ1) is 5.02. The molecule has 0 radical (unpaired) electrons. The maximum absolute atomic E-state index is 11.1. The SMILES string of the molecule is CCCN(CCCl)P(N)(N)=O. The highest BCUT2D eigenvalue weighted by Crippen LogP contribution is 2.30. The number of alkyl halides is 1. The number of hydrogen-bond donors (Lipinski definition) is 2. The van der Waals surface area contributed by atoms with Crippen molar-refractivity contribution in [1.82, 2.24) is 4.67 Å². The van der Waals surface area contributed by atoms with E-state index in [2.05, 4.69) is 0 Å². The van der Waals surface area contributed by atoms with Gasteiger partial charge in [-0.05, 0) is 6.42 Å². The maximum Gasteiger partial charge on any atom is 0.276 e. The van der Waals surface area contributed by atoms with Gasteiger partial charge in [0.1, 0.15) is 0 Å². The van der Waals surface area contributed by atoms with Crippen LogP contribution in [0.15, 0.2) is 0 Å². The van der Waals surface area contributed by atoms with E-state index in [9.17, 15) is 4.57 Å². The molecule has 0 atom stereocenters. The van der Waals surface area contributed by atoms with E-state index < -0.39 is 7.59 Å². The lowest BCUT2D eigenvalue weighted by Crippen LogP contribution is -2.31. The van der Waals surface area contributed by atoms with Crippen molar-refractivity contribution >= 4 is 19.2 Å². The molecule has 0 unspecified atom stereocenters. The summed E-state index contributed by atoms with van der Waals surface area (Å²) in [6, 6.07) is 0. The first-order valence-corrected chi connectivity index (χ1v) is 5.84. The third-order valence-corrected chi connectivity index (χ3v) is 2.72. The molecule has 0 aliphatic rings. The Morgan fingerprint density at radius 1 is 1.45 bits per heavy atom. The van der Waals surface area contributed by atoms with Gasteiger partial charge >= 0.3 is 0 Å². The van der Waals surface area contributed by atoms with E-state index in [1.807, 2.05) is 6.92 Å². The van der Waals surface area contributed by atoms with Crippen LogP contribution in [0.3, 0.4) is 0 Å². The molecule has 0 rings (SSSR count). The van der Waals surface area contributed by atoms with Crippen LogP contribution in [0.2, 0.25) is 0 Å². The number of halogens is 1. The Morgan fingerprint density at radius 3 is 2.27 bits per heavy atom. The summed E-state index contributed by atoms with van der Waals surface area (Å²) in [5.41, 5.74) is 10.5. The van der Waals surface area contributed by atoms with Gasteiger partial charge in [-0.2, -0.15) is 0 Å². The van der Waals surface area contributed by atoms with Crippen LogP contribution in [0.1, 0.15) is 13.3 Å². The number of rotatable bonds is 5. The monoisotopic (exact) mass is 199 g/mol. The summed E-state index contributed by atoms with van der Waals surface area (Å²) in [7, 11) is -3.06. The molecular weight excluding hydrogens is 185 g/mol. The zero-order valence-corrected chi connectivity index (χ0v) is 8.31. The average Bonchev–Trinajstić information content (AvgIpc) is 1.85. The highest BCUT2D eigenvalue weighted by molar-refractivity contribution is 7.56. The van der Waals surface area contributed by atoms with Gasteiger partial charge in [0.05, 0.1) is 0 Å². The minimum atomic E-state index is -3.06. The molecular formula is C5H15ClN3OP. The second kappa shape index (κ2) is 5.12. The Labute approximate surface area is 72.4 Å². The third-order valence-electron chi connectivity index (χ3n) is 1.27. The summed E-state index contributed by atoms with van der Waals surface area (Å²) >= 11 is 5.46. The van der Waals surface area contributed by atoms with Gasteiger partial charge in [-0.1, -0.05) is 6.92 Å². The maximum atomic E-state index is 11.1. The Hall–Kier alpha value is 0.400. The Kier molecular flexibility index (Phi) is 5.30. The van der Waals surface area contributed by atoms with E-state index in [4.69, 9.17) is 22.6 Å². The van der Waals surface area contributed by atoms with E-state index in [1.54, 1.807) is 0 Å². The molecule has 0 aromatic rings. The molecule has 0 aromatic heterocycles. The first-order valence-electron chi connectivity index (χ1n) is 3.51. The molecule has 4 nitrogen and oxygen atoms in total. The normalized spacial score (nSPS) is 12.5. The standard InChI is InChI=1S/C5H15ClN3OP/c1-2-4-9(5-3-6)11(7,8)10/h2-5H2,1H3,(H4,7,8,10). The van der Waals surface area contributed by atoms with E-state index in [0.717, 1.165) is 6.42 Å². The number of nitrogens with two attached hydrogens (primary N) is 2. The van der Waals surface area contributed by atoms with Crippen molar-refractivity contribution in [2.75, 3.05) is 19.0 Å². The topological polar surface area (TPSA) is 72.3 Å². The molecule has 11 heavy (non-hydrogen) atoms. The molecule has 6 heteroatoms. The highest BCUT2D eigenvalue weighted by atomic mass is 35.5. The van der Waals surface area contributed by atoms with Crippen molar-refractivity contribution in [2.24, 2.45) is 11.0 Å². The second-order valence-corrected chi connectivity index (χ2v) is 4.60. The minimum Gasteiger partial charge on any atom is -0.271 e. The molecule has 0 saturated carbocycles. The predicted octanol–water partition coefficient (Wildman–Crippen LogP) is 0.963. The molecule has 0 spiro atoms. The fourth-order valence-corrected chi connectivity index (χ4v) is 2.03. The summed E-state index contributed by atoms with van der Waals surface area (Å²) in [5, 5.41) is 0. The quantitative estimate of drug-likeness (QED) is 0.511. The van der Waals surface area contributed by atoms with Gasteiger partial charge in [0, 0.05) is 19.0 Å². The van der Waals surface area contributed by atoms with E-state index >= 15 is 0 Å². The van der Waals surface area contributed by atoms with Crippen LogP contribution < -0.4 is 11.0 Å². The molecule has 4 N–H and O–H groups in total. The van der Waals surface area contributed by atoms with Crippen LogP contribution in [0.25, 0.3) is 0 Å².